The number of carbonyl (C=O) groups excluding carboxylic acids is 2. The summed E-state index contributed by atoms with van der Waals surface area (Å²) >= 11 is 0. The van der Waals surface area contributed by atoms with E-state index >= 15 is 0 Å². The quantitative estimate of drug-likeness (QED) is 0.312. The van der Waals surface area contributed by atoms with Crippen LogP contribution in [0.1, 0.15) is 66.2 Å². The van der Waals surface area contributed by atoms with Crippen molar-refractivity contribution in [2.45, 2.75) is 66.2 Å². The summed E-state index contributed by atoms with van der Waals surface area (Å²) in [6.45, 7) is 12.1. The van der Waals surface area contributed by atoms with Crippen LogP contribution in [0.5, 0.6) is 0 Å². The van der Waals surface area contributed by atoms with Crippen molar-refractivity contribution in [1.82, 2.24) is 14.7 Å². The van der Waals surface area contributed by atoms with Crippen molar-refractivity contribution >= 4 is 11.8 Å². The van der Waals surface area contributed by atoms with E-state index in [9.17, 15) is 9.59 Å². The maximum absolute atomic E-state index is 13.2. The Morgan fingerprint density at radius 1 is 0.889 bits per heavy atom. The number of likely N-dealkylation sites (tertiary alicyclic amines) is 1. The van der Waals surface area contributed by atoms with Gasteiger partial charge in [-0.15, -0.1) is 0 Å². The van der Waals surface area contributed by atoms with Crippen molar-refractivity contribution < 1.29 is 9.59 Å². The van der Waals surface area contributed by atoms with Crippen molar-refractivity contribution in [2.75, 3.05) is 39.8 Å². The normalized spacial score (nSPS) is 15.1. The number of allylic oxidation sites excluding steroid dienone is 3. The average Bonchev–Trinajstić information content (AvgIpc) is 3.06. The highest BCUT2D eigenvalue weighted by Gasteiger charge is 2.26. The molecule has 1 heterocycles. The smallest absolute Gasteiger partial charge is 0.259 e. The summed E-state index contributed by atoms with van der Waals surface area (Å²) in [5.74, 6) is -0.253. The maximum atomic E-state index is 13.2. The van der Waals surface area contributed by atoms with Crippen LogP contribution in [0.4, 0.5) is 0 Å². The molecule has 154 valence electrons. The molecule has 0 N–H and O–H groups in total. The summed E-state index contributed by atoms with van der Waals surface area (Å²) in [6.07, 6.45) is 9.46. The number of carbonyl (C=O) groups is 2. The van der Waals surface area contributed by atoms with Gasteiger partial charge in [0, 0.05) is 45.5 Å². The lowest BCUT2D eigenvalue weighted by Crippen LogP contribution is -2.41. The van der Waals surface area contributed by atoms with Crippen molar-refractivity contribution in [1.29, 1.82) is 0 Å². The van der Waals surface area contributed by atoms with E-state index in [0.29, 0.717) is 31.8 Å². The van der Waals surface area contributed by atoms with E-state index < -0.39 is 0 Å². The third-order valence-electron chi connectivity index (χ3n) is 4.87. The molecule has 1 saturated heterocycles. The first kappa shape index (κ1) is 23.3. The van der Waals surface area contributed by atoms with Gasteiger partial charge in [-0.1, -0.05) is 27.7 Å². The molecule has 0 radical (unpaired) electrons. The van der Waals surface area contributed by atoms with Crippen molar-refractivity contribution in [2.24, 2.45) is 0 Å². The molecule has 0 aromatic carbocycles. The van der Waals surface area contributed by atoms with E-state index in [1.165, 1.54) is 5.70 Å². The van der Waals surface area contributed by atoms with E-state index in [0.717, 1.165) is 45.1 Å². The molecular formula is C22H39N3O2. The molecule has 1 aliphatic rings. The standard InChI is InChI=1S/C22H39N3O2/c1-6-14-24(15-7-2)21(26)20(13-12-19-11-10-18-23(19)5)22(27)25(16-8-3)17-9-4/h12-13H,6-11,14-18H2,1-5H3/b19-12+. The number of rotatable bonds is 11. The molecule has 0 aromatic rings. The van der Waals surface area contributed by atoms with Gasteiger partial charge in [-0.2, -0.15) is 0 Å². The third kappa shape index (κ3) is 7.04. The van der Waals surface area contributed by atoms with Crippen LogP contribution in [0.2, 0.25) is 0 Å². The molecule has 1 fully saturated rings. The first-order valence-corrected chi connectivity index (χ1v) is 10.7. The number of hydrogen-bond acceptors (Lipinski definition) is 3. The molecule has 0 aromatic heterocycles. The Labute approximate surface area is 166 Å². The molecule has 1 aliphatic heterocycles. The fourth-order valence-corrected chi connectivity index (χ4v) is 3.51. The Kier molecular flexibility index (Phi) is 10.8. The molecule has 5 nitrogen and oxygen atoms in total. The van der Waals surface area contributed by atoms with Crippen LogP contribution in [-0.4, -0.2) is 66.3 Å². The maximum Gasteiger partial charge on any atom is 0.259 e. The topological polar surface area (TPSA) is 43.9 Å². The minimum atomic E-state index is -0.126. The van der Waals surface area contributed by atoms with Crippen LogP contribution in [0.3, 0.4) is 0 Å². The van der Waals surface area contributed by atoms with Crippen LogP contribution in [0.15, 0.2) is 23.4 Å². The highest BCUT2D eigenvalue weighted by molar-refractivity contribution is 6.18. The fourth-order valence-electron chi connectivity index (χ4n) is 3.51. The van der Waals surface area contributed by atoms with Gasteiger partial charge in [0.2, 0.25) is 0 Å². The summed E-state index contributed by atoms with van der Waals surface area (Å²) in [5.41, 5.74) is 1.51. The lowest BCUT2D eigenvalue weighted by Gasteiger charge is -2.26. The van der Waals surface area contributed by atoms with Crippen LogP contribution >= 0.6 is 0 Å². The molecule has 27 heavy (non-hydrogen) atoms. The summed E-state index contributed by atoms with van der Waals surface area (Å²) in [6, 6.07) is 0. The van der Waals surface area contributed by atoms with E-state index in [-0.39, 0.29) is 11.8 Å². The van der Waals surface area contributed by atoms with Gasteiger partial charge in [0.25, 0.3) is 11.8 Å². The molecule has 0 unspecified atom stereocenters. The fraction of sp³-hybridized carbons (Fsp3) is 0.727. The minimum Gasteiger partial charge on any atom is -0.378 e. The first-order chi connectivity index (χ1) is 13.0. The van der Waals surface area contributed by atoms with Gasteiger partial charge in [-0.3, -0.25) is 9.59 Å². The molecule has 1 rings (SSSR count). The van der Waals surface area contributed by atoms with E-state index in [1.54, 1.807) is 6.08 Å². The predicted molar refractivity (Wildman–Crippen MR) is 112 cm³/mol. The van der Waals surface area contributed by atoms with Gasteiger partial charge in [0.1, 0.15) is 5.57 Å². The Morgan fingerprint density at radius 2 is 1.33 bits per heavy atom. The molecule has 2 amide bonds. The zero-order valence-corrected chi connectivity index (χ0v) is 18.1. The molecule has 0 saturated carbocycles. The van der Waals surface area contributed by atoms with Crippen LogP contribution in [0, 0.1) is 0 Å². The summed E-state index contributed by atoms with van der Waals surface area (Å²) in [5, 5.41) is 0. The second-order valence-corrected chi connectivity index (χ2v) is 7.35. The second-order valence-electron chi connectivity index (χ2n) is 7.35. The van der Waals surface area contributed by atoms with E-state index in [1.807, 2.05) is 15.9 Å². The summed E-state index contributed by atoms with van der Waals surface area (Å²) < 4.78 is 0. The van der Waals surface area contributed by atoms with Gasteiger partial charge < -0.3 is 14.7 Å². The minimum absolute atomic E-state index is 0.126. The largest absolute Gasteiger partial charge is 0.378 e. The molecular weight excluding hydrogens is 338 g/mol. The lowest BCUT2D eigenvalue weighted by atomic mass is 10.1. The average molecular weight is 378 g/mol. The zero-order chi connectivity index (χ0) is 20.2. The summed E-state index contributed by atoms with van der Waals surface area (Å²) in [4.78, 5) is 32.3. The van der Waals surface area contributed by atoms with E-state index in [4.69, 9.17) is 0 Å². The molecule has 0 atom stereocenters. The first-order valence-electron chi connectivity index (χ1n) is 10.7. The molecule has 0 bridgehead atoms. The third-order valence-corrected chi connectivity index (χ3v) is 4.87. The SMILES string of the molecule is CCCN(CCC)C(=O)C(=C/C=C1\CCCN1C)C(=O)N(CCC)CCC. The Hall–Kier alpha value is -1.78. The highest BCUT2D eigenvalue weighted by atomic mass is 16.2. The molecule has 0 aliphatic carbocycles. The van der Waals surface area contributed by atoms with Crippen LogP contribution < -0.4 is 0 Å². The van der Waals surface area contributed by atoms with Gasteiger partial charge >= 0.3 is 0 Å². The van der Waals surface area contributed by atoms with Gasteiger partial charge in [0.15, 0.2) is 0 Å². The molecule has 5 heteroatoms. The monoisotopic (exact) mass is 377 g/mol. The lowest BCUT2D eigenvalue weighted by molar-refractivity contribution is -0.134. The van der Waals surface area contributed by atoms with Crippen molar-refractivity contribution in [3.05, 3.63) is 23.4 Å². The Bertz CT molecular complexity index is 498. The second kappa shape index (κ2) is 12.6. The van der Waals surface area contributed by atoms with Crippen molar-refractivity contribution in [3.63, 3.8) is 0 Å². The Morgan fingerprint density at radius 3 is 1.67 bits per heavy atom. The highest BCUT2D eigenvalue weighted by Crippen LogP contribution is 2.19. The van der Waals surface area contributed by atoms with Crippen LogP contribution in [0.25, 0.3) is 0 Å². The Balaban J connectivity index is 3.20. The number of hydrogen-bond donors (Lipinski definition) is 0. The summed E-state index contributed by atoms with van der Waals surface area (Å²) in [7, 11) is 2.07. The van der Waals surface area contributed by atoms with Crippen molar-refractivity contribution in [3.8, 4) is 0 Å². The van der Waals surface area contributed by atoms with Gasteiger partial charge in [-0.25, -0.2) is 0 Å². The van der Waals surface area contributed by atoms with Gasteiger partial charge in [-0.05, 0) is 50.7 Å². The van der Waals surface area contributed by atoms with Gasteiger partial charge in [0.05, 0.1) is 0 Å². The van der Waals surface area contributed by atoms with E-state index in [2.05, 4.69) is 39.6 Å². The zero-order valence-electron chi connectivity index (χ0n) is 18.1. The number of nitrogens with zero attached hydrogens (tertiary/aromatic N) is 3. The predicted octanol–water partition coefficient (Wildman–Crippen LogP) is 3.82. The number of amides is 2. The molecule has 0 spiro atoms. The van der Waals surface area contributed by atoms with Crippen LogP contribution in [-0.2, 0) is 9.59 Å².